The van der Waals surface area contributed by atoms with Crippen molar-refractivity contribution in [3.63, 3.8) is 0 Å². The number of ether oxygens (including phenoxy) is 2. The number of phosphoric ester groups is 1. The number of H-pyrrole nitrogens is 2. The van der Waals surface area contributed by atoms with E-state index in [9.17, 15) is 44.0 Å². The van der Waals surface area contributed by atoms with Gasteiger partial charge in [0.25, 0.3) is 11.1 Å². The molecule has 2 fully saturated rings. The maximum atomic E-state index is 12.8. The number of aromatic nitrogens is 4. The summed E-state index contributed by atoms with van der Waals surface area (Å²) in [6.07, 6.45) is -4.94. The van der Waals surface area contributed by atoms with E-state index in [2.05, 4.69) is 9.97 Å². The maximum Gasteiger partial charge on any atom is 0.472 e. The summed E-state index contributed by atoms with van der Waals surface area (Å²) in [5.74, 6) is -1.14. The van der Waals surface area contributed by atoms with Gasteiger partial charge in [0.05, 0.1) is 31.8 Å². The highest BCUT2D eigenvalue weighted by atomic mass is 31.2. The van der Waals surface area contributed by atoms with Gasteiger partial charge in [-0.15, -0.1) is 0 Å². The smallest absolute Gasteiger partial charge is 0.396 e. The van der Waals surface area contributed by atoms with E-state index in [4.69, 9.17) is 18.5 Å². The van der Waals surface area contributed by atoms with Gasteiger partial charge in [-0.2, -0.15) is 0 Å². The Labute approximate surface area is 218 Å². The van der Waals surface area contributed by atoms with Crippen molar-refractivity contribution < 1.29 is 43.3 Å². The minimum atomic E-state index is -4.94. The first-order chi connectivity index (χ1) is 18.3. The summed E-state index contributed by atoms with van der Waals surface area (Å²) in [4.78, 5) is 62.4. The van der Waals surface area contributed by atoms with Gasteiger partial charge in [-0.05, 0) is 13.8 Å². The van der Waals surface area contributed by atoms with Crippen molar-refractivity contribution in [2.24, 2.45) is 5.92 Å². The lowest BCUT2D eigenvalue weighted by atomic mass is 10.0. The number of hydrogen-bond donors (Lipinski definition) is 6. The van der Waals surface area contributed by atoms with Gasteiger partial charge in [0.2, 0.25) is 0 Å². The van der Waals surface area contributed by atoms with Crippen LogP contribution in [-0.4, -0.2) is 83.6 Å². The molecule has 0 saturated carbocycles. The van der Waals surface area contributed by atoms with E-state index in [0.29, 0.717) is 0 Å². The molecule has 39 heavy (non-hydrogen) atoms. The largest absolute Gasteiger partial charge is 0.472 e. The summed E-state index contributed by atoms with van der Waals surface area (Å²) in [7, 11) is -4.94. The summed E-state index contributed by atoms with van der Waals surface area (Å²) in [5.41, 5.74) is -2.45. The molecule has 0 amide bonds. The van der Waals surface area contributed by atoms with Crippen molar-refractivity contribution in [2.75, 3.05) is 19.8 Å². The highest BCUT2D eigenvalue weighted by Gasteiger charge is 2.49. The quantitative estimate of drug-likeness (QED) is 0.167. The third-order valence-electron chi connectivity index (χ3n) is 6.60. The lowest BCUT2D eigenvalue weighted by Crippen LogP contribution is -2.38. The number of nitrogens with zero attached hydrogens (tertiary/aromatic N) is 2. The van der Waals surface area contributed by atoms with Crippen molar-refractivity contribution in [2.45, 2.75) is 57.1 Å². The summed E-state index contributed by atoms with van der Waals surface area (Å²) in [6, 6.07) is 0. The van der Waals surface area contributed by atoms with Crippen LogP contribution in [0.15, 0.2) is 31.6 Å². The molecule has 17 nitrogen and oxygen atoms in total. The minimum Gasteiger partial charge on any atom is -0.396 e. The number of aryl methyl sites for hydroxylation is 2. The molecule has 1 unspecified atom stereocenters. The first-order valence-electron chi connectivity index (χ1n) is 11.9. The number of phosphoric acid groups is 1. The second-order valence-corrected chi connectivity index (χ2v) is 10.7. The predicted octanol–water partition coefficient (Wildman–Crippen LogP) is -2.65. The van der Waals surface area contributed by atoms with Crippen LogP contribution in [0.1, 0.15) is 30.0 Å². The monoisotopic (exact) mass is 576 g/mol. The van der Waals surface area contributed by atoms with Gasteiger partial charge in [-0.1, -0.05) is 0 Å². The molecule has 6 N–H and O–H groups in total. The van der Waals surface area contributed by atoms with Crippen LogP contribution in [0.3, 0.4) is 0 Å². The molecule has 2 aliphatic heterocycles. The van der Waals surface area contributed by atoms with Crippen LogP contribution in [0.5, 0.6) is 0 Å². The van der Waals surface area contributed by atoms with E-state index in [1.807, 2.05) is 0 Å². The number of aliphatic hydroxyl groups is 3. The van der Waals surface area contributed by atoms with Crippen molar-refractivity contribution in [1.29, 1.82) is 0 Å². The average Bonchev–Trinajstić information content (AvgIpc) is 3.41. The molecule has 0 bridgehead atoms. The number of aromatic amines is 2. The second kappa shape index (κ2) is 11.4. The topological polar surface area (TPSA) is 245 Å². The Morgan fingerprint density at radius 1 is 0.974 bits per heavy atom. The number of rotatable bonds is 9. The normalized spacial score (nSPS) is 30.5. The third kappa shape index (κ3) is 6.06. The Balaban J connectivity index is 1.45. The highest BCUT2D eigenvalue weighted by molar-refractivity contribution is 7.47. The fourth-order valence-electron chi connectivity index (χ4n) is 4.52. The van der Waals surface area contributed by atoms with Crippen molar-refractivity contribution in [3.05, 3.63) is 65.2 Å². The molecule has 2 aromatic rings. The van der Waals surface area contributed by atoms with Gasteiger partial charge < -0.3 is 29.7 Å². The molecule has 4 heterocycles. The van der Waals surface area contributed by atoms with E-state index >= 15 is 0 Å². The molecule has 0 aromatic carbocycles. The fraction of sp³-hybridized carbons (Fsp3) is 0.619. The summed E-state index contributed by atoms with van der Waals surface area (Å²) in [5, 5.41) is 30.1. The van der Waals surface area contributed by atoms with Gasteiger partial charge in [0.1, 0.15) is 30.8 Å². The van der Waals surface area contributed by atoms with E-state index in [1.165, 1.54) is 26.2 Å². The van der Waals surface area contributed by atoms with E-state index in [0.717, 1.165) is 9.13 Å². The third-order valence-corrected chi connectivity index (χ3v) is 7.58. The Hall–Kier alpha value is -2.73. The van der Waals surface area contributed by atoms with Crippen molar-refractivity contribution >= 4 is 7.82 Å². The van der Waals surface area contributed by atoms with E-state index in [-0.39, 0.29) is 17.5 Å². The molecule has 0 radical (unpaired) electrons. The number of hydrogen-bond acceptors (Lipinski definition) is 12. The SMILES string of the molecule is Cc1cn([C@@H]2O[C@H](CO)[C@@H](OP(=O)(O)OC[C@H]3O[C@@H](n4cc(C)c(=O)[nH]c4=O)C[C@@H]3O)[C@H]2CO)c(=O)[nH]c1=O. The Morgan fingerprint density at radius 3 is 2.15 bits per heavy atom. The van der Waals surface area contributed by atoms with Crippen LogP contribution in [0.4, 0.5) is 0 Å². The molecule has 0 aliphatic carbocycles. The Kier molecular flexibility index (Phi) is 8.55. The molecule has 4 rings (SSSR count). The molecule has 18 heteroatoms. The zero-order valence-corrected chi connectivity index (χ0v) is 21.7. The summed E-state index contributed by atoms with van der Waals surface area (Å²) >= 11 is 0. The molecular weight excluding hydrogens is 547 g/mol. The van der Waals surface area contributed by atoms with E-state index in [1.54, 1.807) is 0 Å². The second-order valence-electron chi connectivity index (χ2n) is 9.32. The first kappa shape index (κ1) is 29.3. The lowest BCUT2D eigenvalue weighted by Gasteiger charge is -2.25. The zero-order chi connectivity index (χ0) is 28.6. The van der Waals surface area contributed by atoms with Crippen LogP contribution in [0.25, 0.3) is 0 Å². The van der Waals surface area contributed by atoms with Gasteiger partial charge >= 0.3 is 19.2 Å². The number of nitrogens with one attached hydrogen (secondary N) is 2. The Morgan fingerprint density at radius 2 is 1.56 bits per heavy atom. The first-order valence-corrected chi connectivity index (χ1v) is 13.3. The molecule has 2 aromatic heterocycles. The minimum absolute atomic E-state index is 0.0827. The van der Waals surface area contributed by atoms with Crippen molar-refractivity contribution in [1.82, 2.24) is 19.1 Å². The standard InChI is InChI=1S/C21H29N4O13P/c1-9-4-24(20(31)22-17(9)29)15-3-12(28)14(36-15)8-35-39(33,34)38-16-11(6-26)19(37-13(16)7-27)25-5-10(2)18(30)23-21(25)32/h4-5,11-16,19,26-28H,3,6-8H2,1-2H3,(H,33,34)(H,22,29,31)(H,23,30,32)/t11-,12+,13-,14-,15-,16+,19-/m1/s1. The summed E-state index contributed by atoms with van der Waals surface area (Å²) < 4.78 is 36.3. The van der Waals surface area contributed by atoms with Crippen LogP contribution >= 0.6 is 7.82 Å². The van der Waals surface area contributed by atoms with Gasteiger partial charge in [0.15, 0.2) is 0 Å². The van der Waals surface area contributed by atoms with Gasteiger partial charge in [-0.3, -0.25) is 37.7 Å². The van der Waals surface area contributed by atoms with Gasteiger partial charge in [0, 0.05) is 29.9 Å². The summed E-state index contributed by atoms with van der Waals surface area (Å²) in [6.45, 7) is 0.852. The molecule has 2 aliphatic rings. The van der Waals surface area contributed by atoms with Crippen LogP contribution in [-0.2, 0) is 23.1 Å². The molecule has 8 atom stereocenters. The Bertz CT molecular complexity index is 1480. The van der Waals surface area contributed by atoms with Crippen LogP contribution in [0, 0.1) is 19.8 Å². The lowest BCUT2D eigenvalue weighted by molar-refractivity contribution is -0.0578. The molecule has 0 spiro atoms. The maximum absolute atomic E-state index is 12.8. The molecule has 216 valence electrons. The molecular formula is C21H29N4O13P. The average molecular weight is 576 g/mol. The number of aliphatic hydroxyl groups excluding tert-OH is 3. The van der Waals surface area contributed by atoms with Crippen LogP contribution in [0.2, 0.25) is 0 Å². The zero-order valence-electron chi connectivity index (χ0n) is 20.8. The predicted molar refractivity (Wildman–Crippen MR) is 129 cm³/mol. The molecule has 2 saturated heterocycles. The highest BCUT2D eigenvalue weighted by Crippen LogP contribution is 2.50. The van der Waals surface area contributed by atoms with Crippen LogP contribution < -0.4 is 22.5 Å². The van der Waals surface area contributed by atoms with Crippen molar-refractivity contribution in [3.8, 4) is 0 Å². The van der Waals surface area contributed by atoms with Gasteiger partial charge in [-0.25, -0.2) is 14.2 Å². The fourth-order valence-corrected chi connectivity index (χ4v) is 5.51. The van der Waals surface area contributed by atoms with E-state index < -0.39 is 92.9 Å².